The third kappa shape index (κ3) is 4.07. The number of ether oxygens (including phenoxy) is 1. The molecule has 0 N–H and O–H groups in total. The second-order valence-corrected chi connectivity index (χ2v) is 8.53. The Balaban J connectivity index is 1.36. The van der Waals surface area contributed by atoms with Crippen LogP contribution in [0.25, 0.3) is 11.0 Å². The molecule has 0 radical (unpaired) electrons. The zero-order chi connectivity index (χ0) is 21.4. The lowest BCUT2D eigenvalue weighted by Gasteiger charge is -2.26. The summed E-state index contributed by atoms with van der Waals surface area (Å²) in [6.45, 7) is 2.30. The number of fused-ring (bicyclic) bond motifs is 3. The minimum atomic E-state index is -0.640. The maximum atomic E-state index is 13.1. The highest BCUT2D eigenvalue weighted by atomic mass is 16.5. The molecule has 1 aromatic carbocycles. The van der Waals surface area contributed by atoms with Crippen molar-refractivity contribution in [3.8, 4) is 5.75 Å². The summed E-state index contributed by atoms with van der Waals surface area (Å²) in [5.74, 6) is 0.489. The number of hydrogen-bond donors (Lipinski definition) is 0. The molecule has 2 aromatic heterocycles. The van der Waals surface area contributed by atoms with Crippen molar-refractivity contribution in [1.82, 2.24) is 9.88 Å². The number of nitrogens with zero attached hydrogens (tertiary/aromatic N) is 2. The molecule has 1 atom stereocenters. The molecule has 0 spiro atoms. The molecule has 160 valence electrons. The fourth-order valence-corrected chi connectivity index (χ4v) is 4.45. The molecular formula is C25H26N2O4. The van der Waals surface area contributed by atoms with E-state index in [0.29, 0.717) is 17.9 Å². The van der Waals surface area contributed by atoms with Gasteiger partial charge in [0.15, 0.2) is 6.10 Å². The lowest BCUT2D eigenvalue weighted by atomic mass is 9.91. The van der Waals surface area contributed by atoms with Gasteiger partial charge < -0.3 is 14.1 Å². The van der Waals surface area contributed by atoms with Crippen LogP contribution in [0.3, 0.4) is 0 Å². The topological polar surface area (TPSA) is 72.6 Å². The van der Waals surface area contributed by atoms with Crippen LogP contribution < -0.4 is 10.4 Å². The largest absolute Gasteiger partial charge is 0.481 e. The number of carbonyl (C=O) groups excluding carboxylic acids is 1. The summed E-state index contributed by atoms with van der Waals surface area (Å²) < 4.78 is 11.6. The second kappa shape index (κ2) is 8.17. The van der Waals surface area contributed by atoms with Crippen LogP contribution in [0.15, 0.2) is 51.9 Å². The standard InChI is InChI=1S/C25H26N2O4/c1-16(24(28)27(18-8-9-18)15-17-5-4-12-26-14-17)30-19-10-11-21-20-6-2-3-7-22(20)25(29)31-23(21)13-19/h4-5,10-14,16,18H,2-3,6-9,15H2,1H3. The molecular weight excluding hydrogens is 392 g/mol. The average Bonchev–Trinajstić information content (AvgIpc) is 3.63. The van der Waals surface area contributed by atoms with Crippen LogP contribution in [-0.2, 0) is 24.2 Å². The van der Waals surface area contributed by atoms with Crippen LogP contribution >= 0.6 is 0 Å². The van der Waals surface area contributed by atoms with Crippen molar-refractivity contribution < 1.29 is 13.9 Å². The van der Waals surface area contributed by atoms with Crippen molar-refractivity contribution in [2.24, 2.45) is 0 Å². The van der Waals surface area contributed by atoms with E-state index >= 15 is 0 Å². The minimum Gasteiger partial charge on any atom is -0.481 e. The normalized spacial score (nSPS) is 16.5. The number of aromatic nitrogens is 1. The molecule has 2 heterocycles. The first-order chi connectivity index (χ1) is 15.1. The van der Waals surface area contributed by atoms with E-state index < -0.39 is 6.10 Å². The van der Waals surface area contributed by atoms with E-state index in [-0.39, 0.29) is 17.6 Å². The average molecular weight is 418 g/mol. The summed E-state index contributed by atoms with van der Waals surface area (Å²) in [7, 11) is 0. The van der Waals surface area contributed by atoms with Crippen molar-refractivity contribution >= 4 is 16.9 Å². The first kappa shape index (κ1) is 19.8. The van der Waals surface area contributed by atoms with Crippen LogP contribution in [0.4, 0.5) is 0 Å². The van der Waals surface area contributed by atoms with Gasteiger partial charge in [-0.05, 0) is 74.8 Å². The third-order valence-corrected chi connectivity index (χ3v) is 6.20. The number of carbonyl (C=O) groups is 1. The Bertz CT molecular complexity index is 1170. The first-order valence-electron chi connectivity index (χ1n) is 11.0. The molecule has 3 aromatic rings. The van der Waals surface area contributed by atoms with Crippen molar-refractivity contribution in [3.05, 3.63) is 69.8 Å². The van der Waals surface area contributed by atoms with Gasteiger partial charge in [0.05, 0.1) is 0 Å². The number of benzene rings is 1. The van der Waals surface area contributed by atoms with Crippen molar-refractivity contribution in [1.29, 1.82) is 0 Å². The van der Waals surface area contributed by atoms with Crippen molar-refractivity contribution in [3.63, 3.8) is 0 Å². The predicted molar refractivity (Wildman–Crippen MR) is 117 cm³/mol. The number of pyridine rings is 1. The summed E-state index contributed by atoms with van der Waals surface area (Å²) >= 11 is 0. The summed E-state index contributed by atoms with van der Waals surface area (Å²) in [5.41, 5.74) is 3.19. The Morgan fingerprint density at radius 3 is 2.77 bits per heavy atom. The van der Waals surface area contributed by atoms with Gasteiger partial charge in [-0.15, -0.1) is 0 Å². The molecule has 1 saturated carbocycles. The van der Waals surface area contributed by atoms with Gasteiger partial charge in [0.25, 0.3) is 5.91 Å². The Labute approximate surface area is 180 Å². The highest BCUT2D eigenvalue weighted by Crippen LogP contribution is 2.31. The van der Waals surface area contributed by atoms with Gasteiger partial charge in [0, 0.05) is 42.0 Å². The number of aryl methyl sites for hydroxylation is 1. The van der Waals surface area contributed by atoms with E-state index in [1.54, 1.807) is 25.4 Å². The van der Waals surface area contributed by atoms with E-state index in [9.17, 15) is 9.59 Å². The molecule has 1 unspecified atom stereocenters. The Morgan fingerprint density at radius 1 is 1.23 bits per heavy atom. The maximum absolute atomic E-state index is 13.1. The van der Waals surface area contributed by atoms with Gasteiger partial charge in [-0.1, -0.05) is 6.07 Å². The van der Waals surface area contributed by atoms with Gasteiger partial charge in [-0.25, -0.2) is 4.79 Å². The molecule has 0 saturated heterocycles. The molecule has 1 fully saturated rings. The predicted octanol–water partition coefficient (Wildman–Crippen LogP) is 4.03. The van der Waals surface area contributed by atoms with Gasteiger partial charge in [0.1, 0.15) is 11.3 Å². The van der Waals surface area contributed by atoms with Crippen molar-refractivity contribution in [2.75, 3.05) is 0 Å². The Kier molecular flexibility index (Phi) is 5.22. The summed E-state index contributed by atoms with van der Waals surface area (Å²) in [6.07, 6.45) is 8.72. The quantitative estimate of drug-likeness (QED) is 0.565. The minimum absolute atomic E-state index is 0.0432. The van der Waals surface area contributed by atoms with Gasteiger partial charge in [-0.3, -0.25) is 9.78 Å². The number of amides is 1. The maximum Gasteiger partial charge on any atom is 0.339 e. The van der Waals surface area contributed by atoms with Crippen LogP contribution in [0, 0.1) is 0 Å². The zero-order valence-electron chi connectivity index (χ0n) is 17.7. The molecule has 5 rings (SSSR count). The second-order valence-electron chi connectivity index (χ2n) is 8.53. The highest BCUT2D eigenvalue weighted by molar-refractivity contribution is 5.84. The molecule has 1 amide bonds. The van der Waals surface area contributed by atoms with Gasteiger partial charge >= 0.3 is 5.63 Å². The number of rotatable bonds is 6. The van der Waals surface area contributed by atoms with E-state index in [2.05, 4.69) is 4.98 Å². The number of hydrogen-bond acceptors (Lipinski definition) is 5. The fourth-order valence-electron chi connectivity index (χ4n) is 4.45. The van der Waals surface area contributed by atoms with E-state index in [1.165, 1.54) is 0 Å². The van der Waals surface area contributed by atoms with Crippen LogP contribution in [0.5, 0.6) is 5.75 Å². The molecule has 6 heteroatoms. The molecule has 0 aliphatic heterocycles. The molecule has 2 aliphatic rings. The summed E-state index contributed by atoms with van der Waals surface area (Å²) in [6, 6.07) is 9.67. The smallest absolute Gasteiger partial charge is 0.339 e. The molecule has 31 heavy (non-hydrogen) atoms. The Morgan fingerprint density at radius 2 is 2.03 bits per heavy atom. The monoisotopic (exact) mass is 418 g/mol. The van der Waals surface area contributed by atoms with Gasteiger partial charge in [-0.2, -0.15) is 0 Å². The summed E-state index contributed by atoms with van der Waals surface area (Å²) in [5, 5.41) is 0.969. The summed E-state index contributed by atoms with van der Waals surface area (Å²) in [4.78, 5) is 31.6. The first-order valence-corrected chi connectivity index (χ1v) is 11.0. The highest BCUT2D eigenvalue weighted by Gasteiger charge is 2.35. The SMILES string of the molecule is CC(Oc1ccc2c3c(c(=O)oc2c1)CCCC3)C(=O)N(Cc1cccnc1)C1CC1. The van der Waals surface area contributed by atoms with E-state index in [4.69, 9.17) is 9.15 Å². The lowest BCUT2D eigenvalue weighted by molar-refractivity contribution is -0.139. The molecule has 6 nitrogen and oxygen atoms in total. The van der Waals surface area contributed by atoms with Crippen molar-refractivity contribution in [2.45, 2.75) is 64.1 Å². The van der Waals surface area contributed by atoms with Crippen LogP contribution in [-0.4, -0.2) is 27.9 Å². The van der Waals surface area contributed by atoms with E-state index in [1.807, 2.05) is 29.2 Å². The third-order valence-electron chi connectivity index (χ3n) is 6.20. The van der Waals surface area contributed by atoms with Crippen LogP contribution in [0.1, 0.15) is 49.3 Å². The van der Waals surface area contributed by atoms with Gasteiger partial charge in [0.2, 0.25) is 0 Å². The van der Waals surface area contributed by atoms with Crippen LogP contribution in [0.2, 0.25) is 0 Å². The Hall–Kier alpha value is -3.15. The fraction of sp³-hybridized carbons (Fsp3) is 0.400. The zero-order valence-corrected chi connectivity index (χ0v) is 17.7. The molecule has 2 aliphatic carbocycles. The molecule has 0 bridgehead atoms. The lowest BCUT2D eigenvalue weighted by Crippen LogP contribution is -2.41. The van der Waals surface area contributed by atoms with E-state index in [0.717, 1.165) is 60.6 Å².